The number of ether oxygens (including phenoxy) is 6. The van der Waals surface area contributed by atoms with Gasteiger partial charge in [-0.25, -0.2) is 4.79 Å². The van der Waals surface area contributed by atoms with Gasteiger partial charge in [-0.15, -0.1) is 0 Å². The van der Waals surface area contributed by atoms with Gasteiger partial charge in [0, 0.05) is 5.92 Å². The van der Waals surface area contributed by atoms with Crippen LogP contribution >= 0.6 is 0 Å². The van der Waals surface area contributed by atoms with Gasteiger partial charge in [0.05, 0.1) is 42.2 Å². The van der Waals surface area contributed by atoms with Crippen LogP contribution in [-0.4, -0.2) is 162 Å². The summed E-state index contributed by atoms with van der Waals surface area (Å²) in [5, 5.41) is 97.2. The van der Waals surface area contributed by atoms with Crippen molar-refractivity contribution in [2.24, 2.45) is 44.8 Å². The van der Waals surface area contributed by atoms with Gasteiger partial charge in [-0.05, 0) is 124 Å². The van der Waals surface area contributed by atoms with Crippen LogP contribution in [0.1, 0.15) is 113 Å². The monoisotopic (exact) mass is 856 g/mol. The van der Waals surface area contributed by atoms with E-state index in [-0.39, 0.29) is 45.5 Å². The van der Waals surface area contributed by atoms with Crippen LogP contribution in [0.25, 0.3) is 0 Å². The van der Waals surface area contributed by atoms with Gasteiger partial charge in [-0.3, -0.25) is 0 Å². The van der Waals surface area contributed by atoms with E-state index in [1.165, 1.54) is 6.92 Å². The number of fused-ring (bicyclic) bond motifs is 2. The summed E-state index contributed by atoms with van der Waals surface area (Å²) in [4.78, 5) is 12.9. The minimum absolute atomic E-state index is 0.0906. The molecule has 16 heteroatoms. The van der Waals surface area contributed by atoms with Crippen molar-refractivity contribution in [3.63, 3.8) is 0 Å². The van der Waals surface area contributed by atoms with Crippen molar-refractivity contribution in [1.82, 2.24) is 0 Å². The molecule has 22 atom stereocenters. The lowest BCUT2D eigenvalue weighted by molar-refractivity contribution is -0.376. The second kappa shape index (κ2) is 15.0. The number of hydrogen-bond acceptors (Lipinski definition) is 16. The van der Waals surface area contributed by atoms with Crippen LogP contribution in [-0.2, 0) is 33.2 Å². The van der Waals surface area contributed by atoms with Crippen LogP contribution in [0, 0.1) is 44.8 Å². The quantitative estimate of drug-likeness (QED) is 0.114. The summed E-state index contributed by atoms with van der Waals surface area (Å²) in [5.41, 5.74) is -3.43. The zero-order valence-corrected chi connectivity index (χ0v) is 36.5. The van der Waals surface area contributed by atoms with E-state index in [1.807, 2.05) is 0 Å². The molecular weight excluding hydrogens is 784 g/mol. The van der Waals surface area contributed by atoms with Crippen LogP contribution in [0.3, 0.4) is 0 Å². The van der Waals surface area contributed by atoms with Crippen molar-refractivity contribution in [2.45, 2.75) is 210 Å². The molecule has 0 bridgehead atoms. The fourth-order valence-electron chi connectivity index (χ4n) is 15.4. The van der Waals surface area contributed by atoms with Gasteiger partial charge in [0.25, 0.3) is 0 Å². The maximum atomic E-state index is 12.9. The Bertz CT molecular complexity index is 1620. The van der Waals surface area contributed by atoms with Crippen molar-refractivity contribution in [1.29, 1.82) is 0 Å². The Morgan fingerprint density at radius 3 is 2.10 bits per heavy atom. The second-order valence-electron chi connectivity index (χ2n) is 22.1. The molecule has 3 aliphatic heterocycles. The van der Waals surface area contributed by atoms with Gasteiger partial charge in [0.1, 0.15) is 55.4 Å². The van der Waals surface area contributed by atoms with E-state index in [4.69, 9.17) is 28.4 Å². The molecule has 344 valence electrons. The minimum Gasteiger partial charge on any atom is -0.460 e. The van der Waals surface area contributed by atoms with E-state index in [2.05, 4.69) is 34.6 Å². The standard InChI is InChI=1S/C44H72O16/c1-20-28(49)30(51)32(53)36(55-20)59-33-31(52)29(50)23(17-45)57-37(33)58-25-10-12-44-19-43(44)14-13-40(6)35(42(8)11-9-26(60-42)39(4,5)54)22(56-27(48)18-46)16-41(40,7)24(43)15-21(47)34(44)38(25,2)3/h20-26,28-37,45-47,49-54H,9-19H2,1-8H3/t20-,21-,22+,23+,24-,25-,26-,28-,29+,30+,31-,32+,33+,34-,35-,36-,37-,40+,41-,42-,43-,44+/m0/s1. The zero-order chi connectivity index (χ0) is 43.9. The summed E-state index contributed by atoms with van der Waals surface area (Å²) >= 11 is 0. The van der Waals surface area contributed by atoms with Gasteiger partial charge in [-0.2, -0.15) is 0 Å². The summed E-state index contributed by atoms with van der Waals surface area (Å²) in [6.45, 7) is 14.6. The van der Waals surface area contributed by atoms with Gasteiger partial charge in [0.2, 0.25) is 0 Å². The molecule has 2 spiro atoms. The highest BCUT2D eigenvalue weighted by Crippen LogP contribution is 2.89. The molecule has 0 amide bonds. The Balaban J connectivity index is 1.06. The first-order chi connectivity index (χ1) is 27.9. The number of esters is 1. The van der Waals surface area contributed by atoms with E-state index in [0.29, 0.717) is 32.1 Å². The smallest absolute Gasteiger partial charge is 0.332 e. The number of carbonyl (C=O) groups is 1. The Morgan fingerprint density at radius 1 is 0.767 bits per heavy atom. The zero-order valence-electron chi connectivity index (χ0n) is 36.5. The van der Waals surface area contributed by atoms with E-state index < -0.39 is 116 Å². The summed E-state index contributed by atoms with van der Waals surface area (Å²) in [6, 6.07) is 0. The SMILES string of the molecule is C[C@@H]1O[C@@H](O[C@H]2[C@H](O[C@H]3CC[C@]45C[C@]46CC[C@]4(C)[C@@H]([C@]7(C)CC[C@@H](C(C)(C)O)O7)[C@H](OC(=O)CO)C[C@@]4(C)[C@@H]6C[C@H](O)[C@H]5C3(C)C)O[C@H](CO)[C@@H](O)[C@@H]2O)[C@H](O)[C@H](O)[C@H]1O. The topological polar surface area (TPSA) is 255 Å². The molecule has 3 heterocycles. The Morgan fingerprint density at radius 2 is 1.47 bits per heavy atom. The average molecular weight is 857 g/mol. The third-order valence-corrected chi connectivity index (χ3v) is 18.3. The number of rotatable bonds is 9. The lowest BCUT2D eigenvalue weighted by atomic mass is 9.41. The predicted molar refractivity (Wildman–Crippen MR) is 209 cm³/mol. The largest absolute Gasteiger partial charge is 0.460 e. The Kier molecular flexibility index (Phi) is 11.4. The molecule has 16 nitrogen and oxygen atoms in total. The van der Waals surface area contributed by atoms with Gasteiger partial charge < -0.3 is 74.4 Å². The summed E-state index contributed by atoms with van der Waals surface area (Å²) in [5.74, 6) is -0.977. The number of hydrogen-bond donors (Lipinski definition) is 9. The number of aliphatic hydroxyl groups is 9. The predicted octanol–water partition coefficient (Wildman–Crippen LogP) is 0.656. The van der Waals surface area contributed by atoms with E-state index >= 15 is 0 Å². The van der Waals surface area contributed by atoms with Gasteiger partial charge in [0.15, 0.2) is 12.6 Å². The highest BCUT2D eigenvalue weighted by atomic mass is 16.8. The highest BCUT2D eigenvalue weighted by Gasteiger charge is 2.85. The fraction of sp³-hybridized carbons (Fsp3) is 0.977. The molecule has 9 N–H and O–H groups in total. The van der Waals surface area contributed by atoms with Gasteiger partial charge >= 0.3 is 5.97 Å². The molecule has 0 aromatic rings. The maximum absolute atomic E-state index is 12.9. The molecule has 8 rings (SSSR count). The molecule has 0 aromatic carbocycles. The molecule has 0 radical (unpaired) electrons. The number of carbonyl (C=O) groups excluding carboxylic acids is 1. The van der Waals surface area contributed by atoms with Crippen LogP contribution in [0.5, 0.6) is 0 Å². The minimum atomic E-state index is -1.69. The van der Waals surface area contributed by atoms with Crippen LogP contribution in [0.15, 0.2) is 0 Å². The first kappa shape index (κ1) is 45.5. The fourth-order valence-corrected chi connectivity index (χ4v) is 15.4. The van der Waals surface area contributed by atoms with E-state index in [9.17, 15) is 50.8 Å². The molecular formula is C44H72O16. The van der Waals surface area contributed by atoms with E-state index in [1.54, 1.807) is 13.8 Å². The molecule has 60 heavy (non-hydrogen) atoms. The first-order valence-electron chi connectivity index (χ1n) is 22.4. The van der Waals surface area contributed by atoms with Crippen molar-refractivity contribution in [2.75, 3.05) is 13.2 Å². The molecule has 0 unspecified atom stereocenters. The van der Waals surface area contributed by atoms with E-state index in [0.717, 1.165) is 25.7 Å². The number of aliphatic hydroxyl groups excluding tert-OH is 8. The van der Waals surface area contributed by atoms with Gasteiger partial charge in [-0.1, -0.05) is 27.7 Å². The molecule has 5 aliphatic carbocycles. The van der Waals surface area contributed by atoms with Crippen molar-refractivity contribution >= 4 is 5.97 Å². The van der Waals surface area contributed by atoms with Crippen molar-refractivity contribution < 1.29 is 79.2 Å². The highest BCUT2D eigenvalue weighted by molar-refractivity contribution is 5.70. The Hall–Kier alpha value is -1.09. The second-order valence-corrected chi connectivity index (χ2v) is 22.1. The summed E-state index contributed by atoms with van der Waals surface area (Å²) < 4.78 is 37.5. The molecule has 0 aromatic heterocycles. The van der Waals surface area contributed by atoms with Crippen LogP contribution in [0.4, 0.5) is 0 Å². The average Bonchev–Trinajstić information content (AvgIpc) is 3.51. The molecule has 8 aliphatic rings. The van der Waals surface area contributed by atoms with Crippen LogP contribution < -0.4 is 0 Å². The lowest BCUT2D eigenvalue weighted by Gasteiger charge is -2.64. The lowest BCUT2D eigenvalue weighted by Crippen LogP contribution is -2.66. The molecule has 8 fully saturated rings. The third kappa shape index (κ3) is 6.46. The third-order valence-electron chi connectivity index (χ3n) is 18.3. The maximum Gasteiger partial charge on any atom is 0.332 e. The Labute approximate surface area is 352 Å². The summed E-state index contributed by atoms with van der Waals surface area (Å²) in [6.07, 6.45) is -10.0. The van der Waals surface area contributed by atoms with Crippen molar-refractivity contribution in [3.05, 3.63) is 0 Å². The van der Waals surface area contributed by atoms with Crippen LogP contribution in [0.2, 0.25) is 0 Å². The molecule has 3 saturated heterocycles. The first-order valence-corrected chi connectivity index (χ1v) is 22.4. The normalized spacial score (nSPS) is 55.9. The summed E-state index contributed by atoms with van der Waals surface area (Å²) in [7, 11) is 0. The molecule has 5 saturated carbocycles. The van der Waals surface area contributed by atoms with Crippen molar-refractivity contribution in [3.8, 4) is 0 Å².